The number of hydrogen-bond acceptors (Lipinski definition) is 6. The summed E-state index contributed by atoms with van der Waals surface area (Å²) in [4.78, 5) is 4.94. The fourth-order valence-electron chi connectivity index (χ4n) is 4.05. The van der Waals surface area contributed by atoms with Crippen molar-refractivity contribution in [2.75, 3.05) is 33.2 Å². The number of H-pyrrole nitrogens is 1. The van der Waals surface area contributed by atoms with Gasteiger partial charge in [-0.3, -0.25) is 4.90 Å². The van der Waals surface area contributed by atoms with Crippen LogP contribution in [0.4, 0.5) is 0 Å². The first-order valence-corrected chi connectivity index (χ1v) is 9.30. The third-order valence-electron chi connectivity index (χ3n) is 5.54. The summed E-state index contributed by atoms with van der Waals surface area (Å²) in [5.74, 6) is 1.54. The molecule has 2 aliphatic rings. The maximum atomic E-state index is 6.19. The van der Waals surface area contributed by atoms with Gasteiger partial charge >= 0.3 is 29.6 Å². The van der Waals surface area contributed by atoms with E-state index in [0.717, 1.165) is 37.5 Å². The van der Waals surface area contributed by atoms with Crippen LogP contribution in [0.15, 0.2) is 42.5 Å². The molecule has 5 rings (SSSR count). The van der Waals surface area contributed by atoms with E-state index >= 15 is 0 Å². The van der Waals surface area contributed by atoms with E-state index in [4.69, 9.17) is 4.74 Å². The summed E-state index contributed by atoms with van der Waals surface area (Å²) < 4.78 is 6.19. The Labute approximate surface area is 186 Å². The second-order valence-electron chi connectivity index (χ2n) is 7.22. The minimum atomic E-state index is 0. The first-order chi connectivity index (χ1) is 13.3. The zero-order valence-corrected chi connectivity index (χ0v) is 18.3. The average Bonchev–Trinajstić information content (AvgIpc) is 3.19. The minimum Gasteiger partial charge on any atom is -0.489 e. The molecule has 2 aliphatic heterocycles. The molecule has 138 valence electrons. The molecule has 0 amide bonds. The van der Waals surface area contributed by atoms with Gasteiger partial charge in [0.25, 0.3) is 0 Å². The number of nitrogens with zero attached hydrogens (tertiary/aromatic N) is 5. The molecule has 1 saturated heterocycles. The molecule has 0 bridgehead atoms. The standard InChI is InChI=1S/C20H22N6O.Na/c1-25-8-10-26(11-9-25)19-16-5-3-2-4-15(16)13-27-18-7-6-14(12-17(18)19)20-21-23-24-22-20;/h2-7,12,19H,8-11,13H2,1H3,(H,21,22,23,24);/q;+1. The van der Waals surface area contributed by atoms with Gasteiger partial charge in [-0.1, -0.05) is 24.3 Å². The van der Waals surface area contributed by atoms with Gasteiger partial charge < -0.3 is 9.64 Å². The van der Waals surface area contributed by atoms with E-state index in [1.807, 2.05) is 12.1 Å². The van der Waals surface area contributed by atoms with Gasteiger partial charge in [-0.15, -0.1) is 10.2 Å². The van der Waals surface area contributed by atoms with Gasteiger partial charge in [0.15, 0.2) is 0 Å². The van der Waals surface area contributed by atoms with Crippen molar-refractivity contribution in [1.29, 1.82) is 0 Å². The van der Waals surface area contributed by atoms with Crippen molar-refractivity contribution >= 4 is 0 Å². The average molecular weight is 385 g/mol. The van der Waals surface area contributed by atoms with E-state index in [9.17, 15) is 0 Å². The molecule has 1 aromatic heterocycles. The SMILES string of the molecule is CN1CCN(C2c3ccccc3COc3ccc(-c4nn[nH]n4)cc32)CC1.[Na+]. The summed E-state index contributed by atoms with van der Waals surface area (Å²) in [5, 5.41) is 14.5. The molecule has 0 radical (unpaired) electrons. The van der Waals surface area contributed by atoms with Crippen LogP contribution in [0.25, 0.3) is 11.4 Å². The zero-order chi connectivity index (χ0) is 18.2. The Balaban J connectivity index is 0.00000192. The van der Waals surface area contributed by atoms with Crippen molar-refractivity contribution in [3.63, 3.8) is 0 Å². The molecule has 0 saturated carbocycles. The Kier molecular flexibility index (Phi) is 5.80. The molecule has 2 aromatic carbocycles. The normalized spacial score (nSPS) is 19.7. The monoisotopic (exact) mass is 385 g/mol. The smallest absolute Gasteiger partial charge is 0.489 e. The Morgan fingerprint density at radius 1 is 1.04 bits per heavy atom. The number of aromatic amines is 1. The molecule has 1 N–H and O–H groups in total. The van der Waals surface area contributed by atoms with Gasteiger partial charge in [-0.2, -0.15) is 5.21 Å². The third kappa shape index (κ3) is 3.60. The van der Waals surface area contributed by atoms with Gasteiger partial charge in [0.1, 0.15) is 12.4 Å². The maximum Gasteiger partial charge on any atom is 1.00 e. The van der Waals surface area contributed by atoms with E-state index < -0.39 is 0 Å². The van der Waals surface area contributed by atoms with Crippen LogP contribution in [0.2, 0.25) is 0 Å². The van der Waals surface area contributed by atoms with E-state index in [1.54, 1.807) is 0 Å². The van der Waals surface area contributed by atoms with Crippen LogP contribution in [-0.4, -0.2) is 63.7 Å². The molecule has 3 heterocycles. The molecule has 8 heteroatoms. The molecular weight excluding hydrogens is 363 g/mol. The van der Waals surface area contributed by atoms with Crippen LogP contribution in [-0.2, 0) is 6.61 Å². The molecule has 1 unspecified atom stereocenters. The maximum absolute atomic E-state index is 6.19. The van der Waals surface area contributed by atoms with Gasteiger partial charge in [0.05, 0.1) is 6.04 Å². The van der Waals surface area contributed by atoms with E-state index in [-0.39, 0.29) is 35.6 Å². The van der Waals surface area contributed by atoms with Crippen molar-refractivity contribution in [2.45, 2.75) is 12.6 Å². The van der Waals surface area contributed by atoms with Crippen LogP contribution < -0.4 is 34.3 Å². The topological polar surface area (TPSA) is 70.2 Å². The number of ether oxygens (including phenoxy) is 1. The first-order valence-electron chi connectivity index (χ1n) is 9.30. The fourth-order valence-corrected chi connectivity index (χ4v) is 4.05. The van der Waals surface area contributed by atoms with Crippen LogP contribution in [0.3, 0.4) is 0 Å². The van der Waals surface area contributed by atoms with Crippen LogP contribution >= 0.6 is 0 Å². The van der Waals surface area contributed by atoms with Crippen molar-refractivity contribution in [3.05, 3.63) is 59.2 Å². The van der Waals surface area contributed by atoms with Crippen molar-refractivity contribution < 1.29 is 34.3 Å². The second-order valence-corrected chi connectivity index (χ2v) is 7.22. The molecule has 1 fully saturated rings. The molecule has 1 atom stereocenters. The van der Waals surface area contributed by atoms with Crippen molar-refractivity contribution in [3.8, 4) is 17.1 Å². The number of piperazine rings is 1. The van der Waals surface area contributed by atoms with Crippen LogP contribution in [0, 0.1) is 0 Å². The van der Waals surface area contributed by atoms with Crippen LogP contribution in [0.5, 0.6) is 5.75 Å². The number of likely N-dealkylation sites (N-methyl/N-ethyl adjacent to an activating group) is 1. The van der Waals surface area contributed by atoms with E-state index in [1.165, 1.54) is 16.7 Å². The Bertz CT molecular complexity index is 940. The number of benzene rings is 2. The molecule has 7 nitrogen and oxygen atoms in total. The summed E-state index contributed by atoms with van der Waals surface area (Å²) in [6, 6.07) is 15.0. The van der Waals surface area contributed by atoms with E-state index in [2.05, 4.69) is 67.8 Å². The molecule has 3 aromatic rings. The Morgan fingerprint density at radius 3 is 2.64 bits per heavy atom. The number of hydrogen-bond donors (Lipinski definition) is 1. The first kappa shape index (κ1) is 19.5. The van der Waals surface area contributed by atoms with Gasteiger partial charge in [0.2, 0.25) is 5.82 Å². The molecule has 28 heavy (non-hydrogen) atoms. The van der Waals surface area contributed by atoms with Crippen LogP contribution in [0.1, 0.15) is 22.7 Å². The summed E-state index contributed by atoms with van der Waals surface area (Å²) in [5.41, 5.74) is 4.70. The molecular formula is C20H22N6NaO+. The van der Waals surface area contributed by atoms with Gasteiger partial charge in [-0.25, -0.2) is 0 Å². The third-order valence-corrected chi connectivity index (χ3v) is 5.54. The largest absolute Gasteiger partial charge is 1.00 e. The summed E-state index contributed by atoms with van der Waals surface area (Å²) in [6.07, 6.45) is 0. The number of tetrazole rings is 1. The van der Waals surface area contributed by atoms with Crippen molar-refractivity contribution in [2.24, 2.45) is 0 Å². The van der Waals surface area contributed by atoms with Gasteiger partial charge in [-0.05, 0) is 41.6 Å². The van der Waals surface area contributed by atoms with Gasteiger partial charge in [0, 0.05) is 37.3 Å². The predicted octanol–water partition coefficient (Wildman–Crippen LogP) is -0.900. The number of rotatable bonds is 2. The number of fused-ring (bicyclic) bond motifs is 2. The van der Waals surface area contributed by atoms with Crippen molar-refractivity contribution in [1.82, 2.24) is 30.4 Å². The quantitative estimate of drug-likeness (QED) is 0.577. The Hall–Kier alpha value is -1.77. The Morgan fingerprint density at radius 2 is 1.86 bits per heavy atom. The summed E-state index contributed by atoms with van der Waals surface area (Å²) >= 11 is 0. The number of nitrogens with one attached hydrogen (secondary N) is 1. The minimum absolute atomic E-state index is 0. The van der Waals surface area contributed by atoms with E-state index in [0.29, 0.717) is 12.4 Å². The summed E-state index contributed by atoms with van der Waals surface area (Å²) in [6.45, 7) is 4.79. The molecule has 0 spiro atoms. The fraction of sp³-hybridized carbons (Fsp3) is 0.350. The predicted molar refractivity (Wildman–Crippen MR) is 101 cm³/mol. The second kappa shape index (κ2) is 8.31. The molecule has 0 aliphatic carbocycles. The zero-order valence-electron chi connectivity index (χ0n) is 16.3. The summed E-state index contributed by atoms with van der Waals surface area (Å²) in [7, 11) is 2.18. The number of aromatic nitrogens is 4.